The molecule has 0 saturated carbocycles. The average molecular weight is 269 g/mol. The molecule has 2 rings (SSSR count). The van der Waals surface area contributed by atoms with E-state index in [1.807, 2.05) is 30.3 Å². The molecule has 0 atom stereocenters. The minimum atomic E-state index is -0.303. The van der Waals surface area contributed by atoms with Crippen molar-refractivity contribution in [3.8, 4) is 0 Å². The van der Waals surface area contributed by atoms with Crippen molar-refractivity contribution in [3.05, 3.63) is 65.7 Å². The van der Waals surface area contributed by atoms with Crippen LogP contribution < -0.4 is 4.90 Å². The first-order valence-corrected chi connectivity index (χ1v) is 6.72. The van der Waals surface area contributed by atoms with Crippen LogP contribution in [0, 0.1) is 0 Å². The minimum Gasteiger partial charge on any atom is -0.465 e. The molecular weight excluding hydrogens is 250 g/mol. The summed E-state index contributed by atoms with van der Waals surface area (Å²) in [7, 11) is 1.39. The Morgan fingerprint density at radius 3 is 2.25 bits per heavy atom. The molecule has 0 amide bonds. The average Bonchev–Trinajstić information content (AvgIpc) is 2.53. The van der Waals surface area contributed by atoms with Gasteiger partial charge in [-0.15, -0.1) is 0 Å². The monoisotopic (exact) mass is 269 g/mol. The molecule has 0 aromatic heterocycles. The molecule has 3 heteroatoms. The Labute approximate surface area is 119 Å². The summed E-state index contributed by atoms with van der Waals surface area (Å²) in [5, 5.41) is 0. The standard InChI is InChI=1S/C17H19NO2/c1-3-18(13-14-7-5-4-6-8-14)16-11-9-15(10-12-16)17(19)20-2/h4-12H,3,13H2,1-2H3. The normalized spacial score (nSPS) is 10.1. The summed E-state index contributed by atoms with van der Waals surface area (Å²) in [4.78, 5) is 13.7. The van der Waals surface area contributed by atoms with Crippen LogP contribution in [0.25, 0.3) is 0 Å². The SMILES string of the molecule is CCN(Cc1ccccc1)c1ccc(C(=O)OC)cc1. The van der Waals surface area contributed by atoms with E-state index < -0.39 is 0 Å². The first kappa shape index (κ1) is 14.1. The van der Waals surface area contributed by atoms with Gasteiger partial charge in [0.15, 0.2) is 0 Å². The van der Waals surface area contributed by atoms with E-state index in [1.54, 1.807) is 12.1 Å². The third-order valence-corrected chi connectivity index (χ3v) is 3.25. The molecule has 0 N–H and O–H groups in total. The number of esters is 1. The van der Waals surface area contributed by atoms with Crippen molar-refractivity contribution < 1.29 is 9.53 Å². The van der Waals surface area contributed by atoms with E-state index in [0.717, 1.165) is 18.8 Å². The summed E-state index contributed by atoms with van der Waals surface area (Å²) < 4.78 is 4.71. The molecule has 0 aliphatic heterocycles. The Kier molecular flexibility index (Phi) is 4.77. The second-order valence-electron chi connectivity index (χ2n) is 4.54. The number of carbonyl (C=O) groups is 1. The minimum absolute atomic E-state index is 0.303. The Morgan fingerprint density at radius 1 is 1.05 bits per heavy atom. The molecule has 3 nitrogen and oxygen atoms in total. The molecule has 0 aliphatic carbocycles. The predicted octanol–water partition coefficient (Wildman–Crippen LogP) is 3.50. The fourth-order valence-corrected chi connectivity index (χ4v) is 2.12. The van der Waals surface area contributed by atoms with Crippen LogP contribution >= 0.6 is 0 Å². The van der Waals surface area contributed by atoms with Gasteiger partial charge in [0, 0.05) is 18.8 Å². The maximum absolute atomic E-state index is 11.4. The number of carbonyl (C=O) groups excluding carboxylic acids is 1. The predicted molar refractivity (Wildman–Crippen MR) is 80.9 cm³/mol. The lowest BCUT2D eigenvalue weighted by Gasteiger charge is -2.23. The Hall–Kier alpha value is -2.29. The van der Waals surface area contributed by atoms with Crippen LogP contribution in [0.4, 0.5) is 5.69 Å². The van der Waals surface area contributed by atoms with Crippen molar-refractivity contribution in [2.75, 3.05) is 18.6 Å². The maximum Gasteiger partial charge on any atom is 0.337 e. The van der Waals surface area contributed by atoms with E-state index in [2.05, 4.69) is 24.0 Å². The van der Waals surface area contributed by atoms with Gasteiger partial charge >= 0.3 is 5.97 Å². The molecule has 0 fully saturated rings. The maximum atomic E-state index is 11.4. The molecule has 20 heavy (non-hydrogen) atoms. The number of methoxy groups -OCH3 is 1. The molecule has 0 saturated heterocycles. The van der Waals surface area contributed by atoms with Gasteiger partial charge in [-0.25, -0.2) is 4.79 Å². The van der Waals surface area contributed by atoms with E-state index >= 15 is 0 Å². The number of nitrogens with zero attached hydrogens (tertiary/aromatic N) is 1. The number of ether oxygens (including phenoxy) is 1. The highest BCUT2D eigenvalue weighted by atomic mass is 16.5. The smallest absolute Gasteiger partial charge is 0.337 e. The number of hydrogen-bond donors (Lipinski definition) is 0. The van der Waals surface area contributed by atoms with Gasteiger partial charge in [-0.05, 0) is 36.8 Å². The van der Waals surface area contributed by atoms with Crippen LogP contribution in [0.15, 0.2) is 54.6 Å². The molecule has 0 bridgehead atoms. The zero-order valence-electron chi connectivity index (χ0n) is 11.9. The lowest BCUT2D eigenvalue weighted by Crippen LogP contribution is -2.21. The van der Waals surface area contributed by atoms with Gasteiger partial charge in [-0.3, -0.25) is 0 Å². The van der Waals surface area contributed by atoms with Crippen LogP contribution in [0.1, 0.15) is 22.8 Å². The molecule has 2 aromatic carbocycles. The first-order valence-electron chi connectivity index (χ1n) is 6.72. The van der Waals surface area contributed by atoms with E-state index in [1.165, 1.54) is 12.7 Å². The molecule has 104 valence electrons. The molecule has 0 unspecified atom stereocenters. The lowest BCUT2D eigenvalue weighted by molar-refractivity contribution is 0.0601. The van der Waals surface area contributed by atoms with Gasteiger partial charge in [0.25, 0.3) is 0 Å². The van der Waals surface area contributed by atoms with Crippen molar-refractivity contribution in [1.82, 2.24) is 0 Å². The number of benzene rings is 2. The second-order valence-corrected chi connectivity index (χ2v) is 4.54. The molecule has 0 heterocycles. The number of rotatable bonds is 5. The highest BCUT2D eigenvalue weighted by Gasteiger charge is 2.08. The molecule has 2 aromatic rings. The molecule has 0 spiro atoms. The van der Waals surface area contributed by atoms with Crippen LogP contribution in [0.2, 0.25) is 0 Å². The van der Waals surface area contributed by atoms with E-state index in [4.69, 9.17) is 4.74 Å². The largest absolute Gasteiger partial charge is 0.465 e. The van der Waals surface area contributed by atoms with Gasteiger partial charge in [-0.2, -0.15) is 0 Å². The van der Waals surface area contributed by atoms with Gasteiger partial charge in [0.05, 0.1) is 12.7 Å². The van der Waals surface area contributed by atoms with Crippen molar-refractivity contribution >= 4 is 11.7 Å². The van der Waals surface area contributed by atoms with Crippen LogP contribution in [0.5, 0.6) is 0 Å². The summed E-state index contributed by atoms with van der Waals surface area (Å²) >= 11 is 0. The molecule has 0 radical (unpaired) electrons. The zero-order chi connectivity index (χ0) is 14.4. The van der Waals surface area contributed by atoms with Gasteiger partial charge in [0.1, 0.15) is 0 Å². The third-order valence-electron chi connectivity index (χ3n) is 3.25. The van der Waals surface area contributed by atoms with E-state index in [-0.39, 0.29) is 5.97 Å². The van der Waals surface area contributed by atoms with Crippen molar-refractivity contribution in [3.63, 3.8) is 0 Å². The van der Waals surface area contributed by atoms with E-state index in [9.17, 15) is 4.79 Å². The van der Waals surface area contributed by atoms with Gasteiger partial charge < -0.3 is 9.64 Å². The van der Waals surface area contributed by atoms with Gasteiger partial charge in [0.2, 0.25) is 0 Å². The van der Waals surface area contributed by atoms with Crippen LogP contribution in [0.3, 0.4) is 0 Å². The fourth-order valence-electron chi connectivity index (χ4n) is 2.12. The number of hydrogen-bond acceptors (Lipinski definition) is 3. The zero-order valence-corrected chi connectivity index (χ0v) is 11.9. The Balaban J connectivity index is 2.13. The summed E-state index contributed by atoms with van der Waals surface area (Å²) in [6.45, 7) is 3.89. The third kappa shape index (κ3) is 3.38. The number of anilines is 1. The van der Waals surface area contributed by atoms with Crippen molar-refractivity contribution in [2.45, 2.75) is 13.5 Å². The van der Waals surface area contributed by atoms with Gasteiger partial charge in [-0.1, -0.05) is 30.3 Å². The van der Waals surface area contributed by atoms with Crippen LogP contribution in [-0.4, -0.2) is 19.6 Å². The summed E-state index contributed by atoms with van der Waals surface area (Å²) in [5.41, 5.74) is 2.95. The highest BCUT2D eigenvalue weighted by Crippen LogP contribution is 2.18. The van der Waals surface area contributed by atoms with Crippen molar-refractivity contribution in [1.29, 1.82) is 0 Å². The Morgan fingerprint density at radius 2 is 1.70 bits per heavy atom. The quantitative estimate of drug-likeness (QED) is 0.778. The summed E-state index contributed by atoms with van der Waals surface area (Å²) in [6.07, 6.45) is 0. The van der Waals surface area contributed by atoms with Crippen LogP contribution in [-0.2, 0) is 11.3 Å². The molecular formula is C17H19NO2. The second kappa shape index (κ2) is 6.75. The van der Waals surface area contributed by atoms with Crippen molar-refractivity contribution in [2.24, 2.45) is 0 Å². The highest BCUT2D eigenvalue weighted by molar-refractivity contribution is 5.89. The van der Waals surface area contributed by atoms with E-state index in [0.29, 0.717) is 5.56 Å². The Bertz CT molecular complexity index is 549. The first-order chi connectivity index (χ1) is 9.74. The topological polar surface area (TPSA) is 29.5 Å². The summed E-state index contributed by atoms with van der Waals surface area (Å²) in [6, 6.07) is 17.9. The lowest BCUT2D eigenvalue weighted by atomic mass is 10.1. The fraction of sp³-hybridized carbons (Fsp3) is 0.235. The molecule has 0 aliphatic rings. The summed E-state index contributed by atoms with van der Waals surface area (Å²) in [5.74, 6) is -0.303.